The predicted octanol–water partition coefficient (Wildman–Crippen LogP) is 5.46. The molecule has 0 radical (unpaired) electrons. The van der Waals surface area contributed by atoms with Crippen molar-refractivity contribution in [2.45, 2.75) is 63.1 Å². The summed E-state index contributed by atoms with van der Waals surface area (Å²) in [5.74, 6) is 0.330. The second-order valence-corrected chi connectivity index (χ2v) is 7.81. The van der Waals surface area contributed by atoms with Gasteiger partial charge in [0.25, 0.3) is 0 Å². The minimum absolute atomic E-state index is 0.00268. The van der Waals surface area contributed by atoms with E-state index in [1.807, 2.05) is 16.8 Å². The van der Waals surface area contributed by atoms with Gasteiger partial charge in [-0.15, -0.1) is 0 Å². The number of aromatic nitrogens is 1. The van der Waals surface area contributed by atoms with Crippen LogP contribution in [0.4, 0.5) is 8.78 Å². The monoisotopic (exact) mass is 398 g/mol. The molecule has 0 saturated heterocycles. The summed E-state index contributed by atoms with van der Waals surface area (Å²) in [7, 11) is 0. The quantitative estimate of drug-likeness (QED) is 0.649. The zero-order chi connectivity index (χ0) is 20.4. The van der Waals surface area contributed by atoms with Gasteiger partial charge in [0, 0.05) is 18.1 Å². The summed E-state index contributed by atoms with van der Waals surface area (Å²) in [5.41, 5.74) is 2.35. The van der Waals surface area contributed by atoms with Crippen LogP contribution in [0.3, 0.4) is 0 Å². The number of ether oxygens (including phenoxy) is 2. The molecule has 29 heavy (non-hydrogen) atoms. The molecule has 0 aliphatic heterocycles. The fourth-order valence-corrected chi connectivity index (χ4v) is 4.57. The van der Waals surface area contributed by atoms with Crippen molar-refractivity contribution in [3.63, 3.8) is 0 Å². The molecule has 1 aromatic heterocycles. The highest BCUT2D eigenvalue weighted by atomic mass is 19.3. The van der Waals surface area contributed by atoms with Gasteiger partial charge in [-0.25, -0.2) is 0 Å². The molecule has 2 aliphatic rings. The minimum Gasteiger partial charge on any atom is -0.487 e. The molecule has 0 bridgehead atoms. The van der Waals surface area contributed by atoms with E-state index < -0.39 is 12.0 Å². The van der Waals surface area contributed by atoms with Gasteiger partial charge in [-0.1, -0.05) is 12.6 Å². The van der Waals surface area contributed by atoms with Crippen LogP contribution in [0.25, 0.3) is 6.20 Å². The van der Waals surface area contributed by atoms with Gasteiger partial charge in [-0.2, -0.15) is 14.0 Å². The third kappa shape index (κ3) is 3.74. The smallest absolute Gasteiger partial charge is 0.387 e. The van der Waals surface area contributed by atoms with Crippen LogP contribution in [-0.4, -0.2) is 17.3 Å². The maximum Gasteiger partial charge on any atom is 0.387 e. The largest absolute Gasteiger partial charge is 0.487 e. The highest BCUT2D eigenvalue weighted by molar-refractivity contribution is 5.50. The first-order valence-corrected chi connectivity index (χ1v) is 10.0. The maximum atomic E-state index is 12.9. The van der Waals surface area contributed by atoms with Gasteiger partial charge in [0.1, 0.15) is 0 Å². The molecule has 4 nitrogen and oxygen atoms in total. The molecule has 1 atom stereocenters. The molecule has 0 amide bonds. The number of benzene rings is 1. The second kappa shape index (κ2) is 7.90. The van der Waals surface area contributed by atoms with Crippen LogP contribution in [0.2, 0.25) is 0 Å². The van der Waals surface area contributed by atoms with E-state index in [2.05, 4.69) is 17.4 Å². The summed E-state index contributed by atoms with van der Waals surface area (Å²) < 4.78 is 38.5. The molecule has 2 aliphatic carbocycles. The lowest BCUT2D eigenvalue weighted by atomic mass is 9.70. The summed E-state index contributed by atoms with van der Waals surface area (Å²) >= 11 is 0. The van der Waals surface area contributed by atoms with E-state index in [-0.39, 0.29) is 11.9 Å². The molecule has 6 heteroatoms. The lowest BCUT2D eigenvalue weighted by molar-refractivity contribution is -0.0520. The Bertz CT molecular complexity index is 941. The van der Waals surface area contributed by atoms with Crippen molar-refractivity contribution >= 4 is 6.20 Å². The van der Waals surface area contributed by atoms with E-state index in [1.54, 1.807) is 18.3 Å². The average molecular weight is 398 g/mol. The standard InChI is InChI=1S/C23H24F2N2O2/c1-2-27-12-10-16-14-23(15-26,11-9-19(16)27)17-7-8-20(29-22(24)25)21(13-17)28-18-5-3-4-6-18/h2,7-8,10,12-13,18,22H,1,3-6,9,11,14H2. The van der Waals surface area contributed by atoms with E-state index >= 15 is 0 Å². The normalized spacial score (nSPS) is 21.6. The summed E-state index contributed by atoms with van der Waals surface area (Å²) in [5, 5.41) is 10.1. The molecular formula is C23H24F2N2O2. The van der Waals surface area contributed by atoms with Crippen molar-refractivity contribution in [1.82, 2.24) is 4.57 Å². The van der Waals surface area contributed by atoms with E-state index in [4.69, 9.17) is 4.74 Å². The Morgan fingerprint density at radius 2 is 2.03 bits per heavy atom. The van der Waals surface area contributed by atoms with E-state index in [0.29, 0.717) is 18.6 Å². The fraction of sp³-hybridized carbons (Fsp3) is 0.435. The van der Waals surface area contributed by atoms with Gasteiger partial charge in [0.15, 0.2) is 11.5 Å². The topological polar surface area (TPSA) is 47.2 Å². The van der Waals surface area contributed by atoms with E-state index in [9.17, 15) is 14.0 Å². The minimum atomic E-state index is -2.92. The number of nitriles is 1. The van der Waals surface area contributed by atoms with Crippen molar-refractivity contribution in [1.29, 1.82) is 5.26 Å². The highest BCUT2D eigenvalue weighted by Gasteiger charge is 2.38. The number of nitrogens with zero attached hydrogens (tertiary/aromatic N) is 2. The Labute approximate surface area is 169 Å². The number of fused-ring (bicyclic) bond motifs is 1. The van der Waals surface area contributed by atoms with Crippen LogP contribution in [0.1, 0.15) is 48.9 Å². The average Bonchev–Trinajstić information content (AvgIpc) is 3.37. The molecule has 0 spiro atoms. The molecule has 1 unspecified atom stereocenters. The van der Waals surface area contributed by atoms with Gasteiger partial charge in [0.2, 0.25) is 0 Å². The van der Waals surface area contributed by atoms with Crippen molar-refractivity contribution in [3.05, 3.63) is 53.9 Å². The Balaban J connectivity index is 1.69. The zero-order valence-corrected chi connectivity index (χ0v) is 16.2. The van der Waals surface area contributed by atoms with Crippen LogP contribution in [0, 0.1) is 11.3 Å². The highest BCUT2D eigenvalue weighted by Crippen LogP contribution is 2.42. The summed E-state index contributed by atoms with van der Waals surface area (Å²) in [6, 6.07) is 9.48. The SMILES string of the molecule is C=Cn1ccc2c1CCC(C#N)(c1ccc(OC(F)F)c(OC3CCCC3)c1)C2. The van der Waals surface area contributed by atoms with Gasteiger partial charge in [-0.05, 0) is 74.3 Å². The molecule has 1 aromatic carbocycles. The first-order valence-electron chi connectivity index (χ1n) is 10.0. The van der Waals surface area contributed by atoms with Crippen molar-refractivity contribution < 1.29 is 18.3 Å². The number of alkyl halides is 2. The first-order chi connectivity index (χ1) is 14.0. The summed E-state index contributed by atoms with van der Waals surface area (Å²) in [6.07, 6.45) is 9.63. The Hall–Kier alpha value is -2.81. The van der Waals surface area contributed by atoms with Gasteiger partial charge in [-0.3, -0.25) is 0 Å². The van der Waals surface area contributed by atoms with Crippen molar-refractivity contribution in [2.24, 2.45) is 0 Å². The van der Waals surface area contributed by atoms with Crippen LogP contribution in [-0.2, 0) is 18.3 Å². The third-order valence-corrected chi connectivity index (χ3v) is 6.12. The van der Waals surface area contributed by atoms with E-state index in [0.717, 1.165) is 43.2 Å². The number of halogens is 2. The lowest BCUT2D eigenvalue weighted by Crippen LogP contribution is -2.32. The van der Waals surface area contributed by atoms with Gasteiger partial charge < -0.3 is 14.0 Å². The zero-order valence-electron chi connectivity index (χ0n) is 16.2. The second-order valence-electron chi connectivity index (χ2n) is 7.81. The predicted molar refractivity (Wildman–Crippen MR) is 106 cm³/mol. The Morgan fingerprint density at radius 3 is 2.72 bits per heavy atom. The maximum absolute atomic E-state index is 12.9. The lowest BCUT2D eigenvalue weighted by Gasteiger charge is -2.32. The third-order valence-electron chi connectivity index (χ3n) is 6.12. The van der Waals surface area contributed by atoms with Crippen LogP contribution in [0.5, 0.6) is 11.5 Å². The van der Waals surface area contributed by atoms with Gasteiger partial charge in [0.05, 0.1) is 17.6 Å². The molecule has 0 N–H and O–H groups in total. The summed E-state index contributed by atoms with van der Waals surface area (Å²) in [4.78, 5) is 0. The Morgan fingerprint density at radius 1 is 1.24 bits per heavy atom. The number of rotatable bonds is 6. The molecule has 1 saturated carbocycles. The van der Waals surface area contributed by atoms with E-state index in [1.165, 1.54) is 11.8 Å². The summed E-state index contributed by atoms with van der Waals surface area (Å²) in [6.45, 7) is 0.902. The van der Waals surface area contributed by atoms with Crippen LogP contribution >= 0.6 is 0 Å². The molecule has 1 fully saturated rings. The van der Waals surface area contributed by atoms with Crippen LogP contribution in [0.15, 0.2) is 37.0 Å². The molecule has 2 aromatic rings. The Kier molecular flexibility index (Phi) is 5.31. The number of hydrogen-bond acceptors (Lipinski definition) is 3. The van der Waals surface area contributed by atoms with Crippen LogP contribution < -0.4 is 9.47 Å². The molecule has 1 heterocycles. The van der Waals surface area contributed by atoms with Crippen molar-refractivity contribution in [3.8, 4) is 17.6 Å². The first kappa shape index (κ1) is 19.5. The fourth-order valence-electron chi connectivity index (χ4n) is 4.57. The molecule has 152 valence electrons. The van der Waals surface area contributed by atoms with Gasteiger partial charge >= 0.3 is 6.61 Å². The molecular weight excluding hydrogens is 374 g/mol. The number of hydrogen-bond donors (Lipinski definition) is 0. The van der Waals surface area contributed by atoms with Crippen molar-refractivity contribution in [2.75, 3.05) is 0 Å². The molecule has 4 rings (SSSR count).